The molecule has 3 rings (SSSR count). The Morgan fingerprint density at radius 1 is 0.958 bits per heavy atom. The van der Waals surface area contributed by atoms with Crippen molar-refractivity contribution in [2.45, 2.75) is 0 Å². The first-order valence-corrected chi connectivity index (χ1v) is 8.36. The van der Waals surface area contributed by atoms with Crippen LogP contribution in [0.25, 0.3) is 22.6 Å². The van der Waals surface area contributed by atoms with Crippen LogP contribution in [-0.4, -0.2) is 40.5 Å². The Bertz CT molecular complexity index is 809. The van der Waals surface area contributed by atoms with Crippen molar-refractivity contribution < 1.29 is 5.11 Å². The second-order valence-corrected chi connectivity index (χ2v) is 6.24. The van der Waals surface area contributed by atoms with Crippen LogP contribution < -0.4 is 4.90 Å². The van der Waals surface area contributed by atoms with Gasteiger partial charge in [0, 0.05) is 29.2 Å². The van der Waals surface area contributed by atoms with Gasteiger partial charge in [-0.15, -0.1) is 10.2 Å². The summed E-state index contributed by atoms with van der Waals surface area (Å²) in [5.74, 6) is 1.25. The molecule has 0 aliphatic heterocycles. The summed E-state index contributed by atoms with van der Waals surface area (Å²) in [4.78, 5) is 6.58. The van der Waals surface area contributed by atoms with Gasteiger partial charge in [-0.1, -0.05) is 58.4 Å². The fraction of sp³-hybridized carbons (Fsp3) is 0.167. The number of aliphatic hydroxyl groups excluding tert-OH is 1. The Labute approximate surface area is 149 Å². The number of aromatic nitrogens is 3. The van der Waals surface area contributed by atoms with Crippen LogP contribution in [0.15, 0.2) is 59.1 Å². The lowest BCUT2D eigenvalue weighted by Crippen LogP contribution is -2.24. The van der Waals surface area contributed by atoms with Gasteiger partial charge in [0.15, 0.2) is 11.6 Å². The number of anilines is 1. The quantitative estimate of drug-likeness (QED) is 0.730. The molecule has 0 amide bonds. The molecule has 5 nitrogen and oxygen atoms in total. The number of rotatable bonds is 5. The molecule has 6 heteroatoms. The van der Waals surface area contributed by atoms with Gasteiger partial charge in [-0.2, -0.15) is 0 Å². The summed E-state index contributed by atoms with van der Waals surface area (Å²) >= 11 is 3.43. The summed E-state index contributed by atoms with van der Waals surface area (Å²) in [6, 6.07) is 17.6. The highest BCUT2D eigenvalue weighted by molar-refractivity contribution is 9.10. The number of hydrogen-bond donors (Lipinski definition) is 1. The average Bonchev–Trinajstić information content (AvgIpc) is 2.63. The van der Waals surface area contributed by atoms with Crippen LogP contribution >= 0.6 is 15.9 Å². The molecule has 0 aliphatic rings. The number of hydrogen-bond acceptors (Lipinski definition) is 5. The van der Waals surface area contributed by atoms with Gasteiger partial charge < -0.3 is 10.0 Å². The molecule has 0 unspecified atom stereocenters. The minimum Gasteiger partial charge on any atom is -0.395 e. The molecule has 1 aromatic heterocycles. The first kappa shape index (κ1) is 16.5. The smallest absolute Gasteiger partial charge is 0.183 e. The van der Waals surface area contributed by atoms with Gasteiger partial charge in [0.1, 0.15) is 5.69 Å². The number of likely N-dealkylation sites (N-methyl/N-ethyl adjacent to an activating group) is 1. The maximum atomic E-state index is 9.27. The third kappa shape index (κ3) is 3.60. The lowest BCUT2D eigenvalue weighted by molar-refractivity contribution is 0.304. The minimum absolute atomic E-state index is 0.0440. The van der Waals surface area contributed by atoms with E-state index in [2.05, 4.69) is 26.1 Å². The highest BCUT2D eigenvalue weighted by atomic mass is 79.9. The Kier molecular flexibility index (Phi) is 5.17. The summed E-state index contributed by atoms with van der Waals surface area (Å²) in [5.41, 5.74) is 2.54. The predicted octanol–water partition coefficient (Wildman–Crippen LogP) is 3.40. The molecule has 1 heterocycles. The van der Waals surface area contributed by atoms with Crippen molar-refractivity contribution in [3.05, 3.63) is 59.1 Å². The topological polar surface area (TPSA) is 62.1 Å². The van der Waals surface area contributed by atoms with E-state index in [0.717, 1.165) is 15.6 Å². The van der Waals surface area contributed by atoms with E-state index >= 15 is 0 Å². The lowest BCUT2D eigenvalue weighted by Gasteiger charge is -2.19. The Morgan fingerprint density at radius 3 is 2.33 bits per heavy atom. The van der Waals surface area contributed by atoms with Crippen LogP contribution in [0.2, 0.25) is 0 Å². The molecular formula is C18H17BrN4O. The van der Waals surface area contributed by atoms with Crippen molar-refractivity contribution in [2.24, 2.45) is 0 Å². The second kappa shape index (κ2) is 7.51. The Balaban J connectivity index is 2.09. The van der Waals surface area contributed by atoms with E-state index in [1.165, 1.54) is 0 Å². The van der Waals surface area contributed by atoms with Crippen LogP contribution in [0.3, 0.4) is 0 Å². The van der Waals surface area contributed by atoms with Gasteiger partial charge in [-0.3, -0.25) is 0 Å². The zero-order valence-electron chi connectivity index (χ0n) is 13.2. The second-order valence-electron chi connectivity index (χ2n) is 5.33. The molecule has 0 radical (unpaired) electrons. The van der Waals surface area contributed by atoms with Crippen molar-refractivity contribution >= 4 is 21.7 Å². The predicted molar refractivity (Wildman–Crippen MR) is 98.8 cm³/mol. The van der Waals surface area contributed by atoms with E-state index < -0.39 is 0 Å². The van der Waals surface area contributed by atoms with Gasteiger partial charge in [0.25, 0.3) is 0 Å². The summed E-state index contributed by atoms with van der Waals surface area (Å²) in [7, 11) is 1.89. The largest absolute Gasteiger partial charge is 0.395 e. The van der Waals surface area contributed by atoms with Crippen LogP contribution in [0.4, 0.5) is 5.82 Å². The Morgan fingerprint density at radius 2 is 1.67 bits per heavy atom. The molecule has 0 fully saturated rings. The van der Waals surface area contributed by atoms with E-state index in [9.17, 15) is 5.11 Å². The third-order valence-corrected chi connectivity index (χ3v) is 4.14. The molecule has 3 aromatic rings. The summed E-state index contributed by atoms with van der Waals surface area (Å²) in [5, 5.41) is 18.0. The summed E-state index contributed by atoms with van der Waals surface area (Å²) in [6.07, 6.45) is 0. The molecular weight excluding hydrogens is 368 g/mol. The van der Waals surface area contributed by atoms with Crippen LogP contribution in [-0.2, 0) is 0 Å². The van der Waals surface area contributed by atoms with Crippen LogP contribution in [0.1, 0.15) is 0 Å². The van der Waals surface area contributed by atoms with Crippen LogP contribution in [0, 0.1) is 0 Å². The first-order valence-electron chi connectivity index (χ1n) is 7.57. The number of benzene rings is 2. The first-order chi connectivity index (χ1) is 11.7. The van der Waals surface area contributed by atoms with Gasteiger partial charge in [0.05, 0.1) is 6.61 Å². The molecule has 0 saturated heterocycles. The van der Waals surface area contributed by atoms with E-state index in [-0.39, 0.29) is 6.61 Å². The zero-order chi connectivity index (χ0) is 16.9. The van der Waals surface area contributed by atoms with Gasteiger partial charge >= 0.3 is 0 Å². The molecule has 0 saturated carbocycles. The standard InChI is InChI=1S/C18H17BrN4O/c1-23(11-12-24)18-16(13-5-3-2-4-6-13)21-22-17(20-18)14-7-9-15(19)10-8-14/h2-10,24H,11-12H2,1H3. The maximum absolute atomic E-state index is 9.27. The Hall–Kier alpha value is -2.31. The number of nitrogens with zero attached hydrogens (tertiary/aromatic N) is 4. The van der Waals surface area contributed by atoms with Gasteiger partial charge in [-0.05, 0) is 12.1 Å². The van der Waals surface area contributed by atoms with Crippen molar-refractivity contribution in [1.29, 1.82) is 0 Å². The van der Waals surface area contributed by atoms with Crippen molar-refractivity contribution in [1.82, 2.24) is 15.2 Å². The van der Waals surface area contributed by atoms with E-state index in [0.29, 0.717) is 23.9 Å². The fourth-order valence-corrected chi connectivity index (χ4v) is 2.61. The third-order valence-electron chi connectivity index (χ3n) is 3.61. The highest BCUT2D eigenvalue weighted by Crippen LogP contribution is 2.28. The van der Waals surface area contributed by atoms with Gasteiger partial charge in [0.2, 0.25) is 0 Å². The molecule has 0 bridgehead atoms. The summed E-state index contributed by atoms with van der Waals surface area (Å²) < 4.78 is 0.998. The molecule has 0 spiro atoms. The number of aliphatic hydroxyl groups is 1. The van der Waals surface area contributed by atoms with E-state index in [1.807, 2.05) is 66.5 Å². The summed E-state index contributed by atoms with van der Waals surface area (Å²) in [6.45, 7) is 0.515. The van der Waals surface area contributed by atoms with Crippen molar-refractivity contribution in [3.8, 4) is 22.6 Å². The molecule has 0 aliphatic carbocycles. The molecule has 24 heavy (non-hydrogen) atoms. The average molecular weight is 385 g/mol. The van der Waals surface area contributed by atoms with Gasteiger partial charge in [-0.25, -0.2) is 4.98 Å². The monoisotopic (exact) mass is 384 g/mol. The molecule has 1 N–H and O–H groups in total. The van der Waals surface area contributed by atoms with E-state index in [1.54, 1.807) is 0 Å². The molecule has 122 valence electrons. The molecule has 2 aromatic carbocycles. The SMILES string of the molecule is CN(CCO)c1nc(-c2ccc(Br)cc2)nnc1-c1ccccc1. The lowest BCUT2D eigenvalue weighted by atomic mass is 10.1. The van der Waals surface area contributed by atoms with Crippen molar-refractivity contribution in [3.63, 3.8) is 0 Å². The normalized spacial score (nSPS) is 10.6. The molecule has 0 atom stereocenters. The van der Waals surface area contributed by atoms with Crippen molar-refractivity contribution in [2.75, 3.05) is 25.1 Å². The number of halogens is 1. The fourth-order valence-electron chi connectivity index (χ4n) is 2.34. The highest BCUT2D eigenvalue weighted by Gasteiger charge is 2.15. The van der Waals surface area contributed by atoms with Crippen LogP contribution in [0.5, 0.6) is 0 Å². The van der Waals surface area contributed by atoms with E-state index in [4.69, 9.17) is 4.98 Å². The minimum atomic E-state index is 0.0440. The maximum Gasteiger partial charge on any atom is 0.183 e. The zero-order valence-corrected chi connectivity index (χ0v) is 14.8.